The number of rotatable bonds is 7. The Hall–Kier alpha value is -2.13. The molecule has 3 heterocycles. The van der Waals surface area contributed by atoms with Gasteiger partial charge in [0.25, 0.3) is 0 Å². The fourth-order valence-corrected chi connectivity index (χ4v) is 6.23. The number of hydrogen-bond donors (Lipinski definition) is 1. The molecule has 2 saturated carbocycles. The van der Waals surface area contributed by atoms with Crippen molar-refractivity contribution in [2.45, 2.75) is 51.2 Å². The van der Waals surface area contributed by atoms with Crippen molar-refractivity contribution >= 4 is 5.82 Å². The minimum absolute atomic E-state index is 0.182. The van der Waals surface area contributed by atoms with Gasteiger partial charge in [-0.15, -0.1) is 0 Å². The standard InChI is InChI=1S/C24H32F3N5O/c1-4-14(2)32-20(8-19(30-32)15-7-18(24(25,26)27)22(28)29-11-15)21-16-9-23(10-17(16)21)12-31(13-23)5-6-33-3/h7-8,11,14,16-17,21H,4-6,9-10,12-13H2,1-3H3,(H2,28,29). The number of hydrogen-bond acceptors (Lipinski definition) is 5. The molecule has 9 heteroatoms. The first-order valence-corrected chi connectivity index (χ1v) is 11.8. The highest BCUT2D eigenvalue weighted by Gasteiger charge is 2.65. The van der Waals surface area contributed by atoms with Crippen LogP contribution in [0.5, 0.6) is 0 Å². The lowest BCUT2D eigenvalue weighted by Crippen LogP contribution is -2.56. The number of nitrogen functional groups attached to an aromatic ring is 1. The van der Waals surface area contributed by atoms with E-state index in [0.717, 1.165) is 44.4 Å². The molecule has 3 atom stereocenters. The molecule has 1 saturated heterocycles. The number of methoxy groups -OCH3 is 1. The molecule has 1 aliphatic heterocycles. The van der Waals surface area contributed by atoms with Gasteiger partial charge in [0.15, 0.2) is 0 Å². The van der Waals surface area contributed by atoms with Gasteiger partial charge in [0, 0.05) is 56.2 Å². The number of anilines is 1. The van der Waals surface area contributed by atoms with E-state index in [1.807, 2.05) is 10.7 Å². The SMILES string of the molecule is CCC(C)n1nc(-c2cnc(N)c(C(F)(F)F)c2)cc1C1C2CC3(CC21)CN(CCOC)C3. The van der Waals surface area contributed by atoms with Crippen LogP contribution in [0.25, 0.3) is 11.3 Å². The second-order valence-electron chi connectivity index (χ2n) is 10.3. The maximum absolute atomic E-state index is 13.4. The fourth-order valence-electron chi connectivity index (χ4n) is 6.23. The molecule has 0 bridgehead atoms. The highest BCUT2D eigenvalue weighted by Crippen LogP contribution is 2.70. The van der Waals surface area contributed by atoms with E-state index >= 15 is 0 Å². The molecule has 3 fully saturated rings. The third-order valence-electron chi connectivity index (χ3n) is 8.03. The van der Waals surface area contributed by atoms with Gasteiger partial charge in [0.1, 0.15) is 5.82 Å². The molecule has 2 aromatic rings. The van der Waals surface area contributed by atoms with Crippen LogP contribution in [0.4, 0.5) is 19.0 Å². The first-order valence-electron chi connectivity index (χ1n) is 11.8. The highest BCUT2D eigenvalue weighted by atomic mass is 19.4. The Morgan fingerprint density at radius 1 is 1.24 bits per heavy atom. The molecule has 2 aromatic heterocycles. The summed E-state index contributed by atoms with van der Waals surface area (Å²) in [6.07, 6.45) is 0.214. The van der Waals surface area contributed by atoms with E-state index in [4.69, 9.17) is 15.6 Å². The molecule has 3 aliphatic rings. The monoisotopic (exact) mass is 463 g/mol. The van der Waals surface area contributed by atoms with Crippen molar-refractivity contribution in [3.63, 3.8) is 0 Å². The molecule has 2 N–H and O–H groups in total. The van der Waals surface area contributed by atoms with Crippen LogP contribution in [0, 0.1) is 17.3 Å². The molecule has 3 unspecified atom stereocenters. The van der Waals surface area contributed by atoms with Crippen molar-refractivity contribution in [1.82, 2.24) is 19.7 Å². The summed E-state index contributed by atoms with van der Waals surface area (Å²) in [5.74, 6) is 1.24. The number of aromatic nitrogens is 3. The minimum Gasteiger partial charge on any atom is -0.383 e. The van der Waals surface area contributed by atoms with Crippen molar-refractivity contribution in [3.8, 4) is 11.3 Å². The molecule has 33 heavy (non-hydrogen) atoms. The topological polar surface area (TPSA) is 69.2 Å². The van der Waals surface area contributed by atoms with Crippen molar-refractivity contribution in [2.75, 3.05) is 39.1 Å². The first kappa shape index (κ1) is 22.7. The molecule has 0 radical (unpaired) electrons. The maximum atomic E-state index is 13.4. The summed E-state index contributed by atoms with van der Waals surface area (Å²) in [6, 6.07) is 3.24. The zero-order valence-electron chi connectivity index (χ0n) is 19.4. The van der Waals surface area contributed by atoms with E-state index in [0.29, 0.717) is 34.4 Å². The summed E-state index contributed by atoms with van der Waals surface area (Å²) in [5, 5.41) is 4.76. The zero-order valence-corrected chi connectivity index (χ0v) is 19.4. The van der Waals surface area contributed by atoms with Crippen molar-refractivity contribution in [2.24, 2.45) is 17.3 Å². The Kier molecular flexibility index (Phi) is 5.47. The van der Waals surface area contributed by atoms with E-state index in [1.165, 1.54) is 19.0 Å². The molecule has 1 spiro atoms. The van der Waals surface area contributed by atoms with Crippen LogP contribution in [0.3, 0.4) is 0 Å². The zero-order chi connectivity index (χ0) is 23.5. The minimum atomic E-state index is -4.54. The quantitative estimate of drug-likeness (QED) is 0.651. The van der Waals surface area contributed by atoms with Gasteiger partial charge < -0.3 is 10.5 Å². The highest BCUT2D eigenvalue weighted by molar-refractivity contribution is 5.63. The van der Waals surface area contributed by atoms with E-state index in [1.54, 1.807) is 7.11 Å². The summed E-state index contributed by atoms with van der Waals surface area (Å²) in [5.41, 5.74) is 7.09. The van der Waals surface area contributed by atoms with Gasteiger partial charge in [-0.25, -0.2) is 4.98 Å². The first-order chi connectivity index (χ1) is 15.7. The van der Waals surface area contributed by atoms with Crippen LogP contribution >= 0.6 is 0 Å². The largest absolute Gasteiger partial charge is 0.419 e. The number of likely N-dealkylation sites (tertiary alicyclic amines) is 1. The lowest BCUT2D eigenvalue weighted by atomic mass is 9.74. The number of fused-ring (bicyclic) bond motifs is 1. The second kappa shape index (κ2) is 7.98. The van der Waals surface area contributed by atoms with Crippen LogP contribution < -0.4 is 5.73 Å². The molecule has 2 aliphatic carbocycles. The number of pyridine rings is 1. The molecule has 5 rings (SSSR count). The van der Waals surface area contributed by atoms with Crippen molar-refractivity contribution in [3.05, 3.63) is 29.6 Å². The van der Waals surface area contributed by atoms with Gasteiger partial charge >= 0.3 is 6.18 Å². The summed E-state index contributed by atoms with van der Waals surface area (Å²) in [4.78, 5) is 6.27. The number of ether oxygens (including phenoxy) is 1. The summed E-state index contributed by atoms with van der Waals surface area (Å²) >= 11 is 0. The van der Waals surface area contributed by atoms with E-state index in [-0.39, 0.29) is 6.04 Å². The third kappa shape index (κ3) is 3.93. The van der Waals surface area contributed by atoms with Crippen LogP contribution in [0.15, 0.2) is 18.3 Å². The van der Waals surface area contributed by atoms with Gasteiger partial charge in [0.2, 0.25) is 0 Å². The predicted octanol–water partition coefficient (Wildman–Crippen LogP) is 4.59. The van der Waals surface area contributed by atoms with Gasteiger partial charge in [-0.05, 0) is 55.6 Å². The van der Waals surface area contributed by atoms with Crippen LogP contribution in [0.1, 0.15) is 56.3 Å². The smallest absolute Gasteiger partial charge is 0.383 e. The van der Waals surface area contributed by atoms with Crippen molar-refractivity contribution in [1.29, 1.82) is 0 Å². The van der Waals surface area contributed by atoms with Gasteiger partial charge in [-0.2, -0.15) is 18.3 Å². The summed E-state index contributed by atoms with van der Waals surface area (Å²) in [6.45, 7) is 8.30. The molecule has 6 nitrogen and oxygen atoms in total. The molecule has 0 aromatic carbocycles. The molecule has 0 amide bonds. The second-order valence-corrected chi connectivity index (χ2v) is 10.3. The van der Waals surface area contributed by atoms with Gasteiger partial charge in [0.05, 0.1) is 17.9 Å². The van der Waals surface area contributed by atoms with Gasteiger partial charge in [-0.1, -0.05) is 6.92 Å². The Balaban J connectivity index is 1.36. The summed E-state index contributed by atoms with van der Waals surface area (Å²) in [7, 11) is 1.74. The average Bonchev–Trinajstić information content (AvgIpc) is 3.09. The average molecular weight is 464 g/mol. The van der Waals surface area contributed by atoms with Crippen molar-refractivity contribution < 1.29 is 17.9 Å². The Morgan fingerprint density at radius 2 is 1.94 bits per heavy atom. The molecular formula is C24H32F3N5O. The Labute approximate surface area is 192 Å². The number of alkyl halides is 3. The number of nitrogens with zero attached hydrogens (tertiary/aromatic N) is 4. The van der Waals surface area contributed by atoms with E-state index < -0.39 is 17.6 Å². The van der Waals surface area contributed by atoms with E-state index in [9.17, 15) is 13.2 Å². The van der Waals surface area contributed by atoms with E-state index in [2.05, 4.69) is 23.7 Å². The lowest BCUT2D eigenvalue weighted by molar-refractivity contribution is -0.137. The van der Waals surface area contributed by atoms with Crippen LogP contribution in [-0.2, 0) is 10.9 Å². The van der Waals surface area contributed by atoms with Crippen LogP contribution in [0.2, 0.25) is 0 Å². The van der Waals surface area contributed by atoms with Crippen LogP contribution in [-0.4, -0.2) is 53.0 Å². The normalized spacial score (nSPS) is 26.9. The number of nitrogens with two attached hydrogens (primary N) is 1. The van der Waals surface area contributed by atoms with Gasteiger partial charge in [-0.3, -0.25) is 9.58 Å². The Morgan fingerprint density at radius 3 is 2.55 bits per heavy atom. The number of halogens is 3. The fraction of sp³-hybridized carbons (Fsp3) is 0.667. The maximum Gasteiger partial charge on any atom is 0.419 e. The lowest BCUT2D eigenvalue weighted by Gasteiger charge is -2.49. The molecule has 180 valence electrons. The Bertz CT molecular complexity index is 1020. The predicted molar refractivity (Wildman–Crippen MR) is 120 cm³/mol. The molecular weight excluding hydrogens is 431 g/mol. The third-order valence-corrected chi connectivity index (χ3v) is 8.03. The summed E-state index contributed by atoms with van der Waals surface area (Å²) < 4.78 is 47.3.